The molecule has 30 heavy (non-hydrogen) atoms. The third-order valence-corrected chi connectivity index (χ3v) is 4.62. The Balaban J connectivity index is 1.40. The number of benzene rings is 2. The summed E-state index contributed by atoms with van der Waals surface area (Å²) in [4.78, 5) is 25.6. The van der Waals surface area contributed by atoms with Crippen molar-refractivity contribution in [2.75, 3.05) is 24.3 Å². The molecule has 1 amide bonds. The molecule has 0 bridgehead atoms. The van der Waals surface area contributed by atoms with Gasteiger partial charge in [-0.15, -0.1) is 0 Å². The fraction of sp³-hybridized carbons (Fsp3) is 0.130. The van der Waals surface area contributed by atoms with Crippen molar-refractivity contribution in [1.82, 2.24) is 15.0 Å². The van der Waals surface area contributed by atoms with Gasteiger partial charge in [0.25, 0.3) is 5.91 Å². The van der Waals surface area contributed by atoms with Crippen LogP contribution in [0.5, 0.6) is 5.75 Å². The largest absolute Gasteiger partial charge is 0.497 e. The van der Waals surface area contributed by atoms with Gasteiger partial charge in [0.15, 0.2) is 0 Å². The highest BCUT2D eigenvalue weighted by molar-refractivity contribution is 6.07. The number of anilines is 2. The molecule has 2 aromatic heterocycles. The SMILES string of the molecule is COc1ccc(CCNc2nccc(C(=O)Nc3cccc4cccnc34)n2)cc1. The molecule has 0 aliphatic heterocycles. The van der Waals surface area contributed by atoms with Gasteiger partial charge in [-0.1, -0.05) is 30.3 Å². The summed E-state index contributed by atoms with van der Waals surface area (Å²) in [6, 6.07) is 18.9. The van der Waals surface area contributed by atoms with Gasteiger partial charge < -0.3 is 15.4 Å². The van der Waals surface area contributed by atoms with E-state index in [-0.39, 0.29) is 11.6 Å². The predicted molar refractivity (Wildman–Crippen MR) is 117 cm³/mol. The van der Waals surface area contributed by atoms with Gasteiger partial charge in [-0.25, -0.2) is 9.97 Å². The Kier molecular flexibility index (Phi) is 5.80. The second-order valence-corrected chi connectivity index (χ2v) is 6.63. The molecule has 0 saturated heterocycles. The minimum atomic E-state index is -0.311. The molecule has 0 atom stereocenters. The van der Waals surface area contributed by atoms with Crippen LogP contribution in [-0.2, 0) is 6.42 Å². The minimum Gasteiger partial charge on any atom is -0.497 e. The van der Waals surface area contributed by atoms with Crippen LogP contribution in [0.3, 0.4) is 0 Å². The molecule has 0 spiro atoms. The predicted octanol–water partition coefficient (Wildman–Crippen LogP) is 3.94. The van der Waals surface area contributed by atoms with Crippen molar-refractivity contribution in [2.24, 2.45) is 0 Å². The maximum atomic E-state index is 12.7. The molecule has 7 nitrogen and oxygen atoms in total. The third kappa shape index (κ3) is 4.52. The van der Waals surface area contributed by atoms with Crippen molar-refractivity contribution < 1.29 is 9.53 Å². The maximum Gasteiger partial charge on any atom is 0.274 e. The molecule has 2 N–H and O–H groups in total. The van der Waals surface area contributed by atoms with E-state index in [9.17, 15) is 4.79 Å². The average Bonchev–Trinajstić information content (AvgIpc) is 2.80. The van der Waals surface area contributed by atoms with E-state index in [0.717, 1.165) is 23.1 Å². The molecule has 0 unspecified atom stereocenters. The van der Waals surface area contributed by atoms with Gasteiger partial charge >= 0.3 is 0 Å². The summed E-state index contributed by atoms with van der Waals surface area (Å²) >= 11 is 0. The number of aromatic nitrogens is 3. The number of carbonyl (C=O) groups excluding carboxylic acids is 1. The van der Waals surface area contributed by atoms with Crippen LogP contribution in [0.25, 0.3) is 10.9 Å². The summed E-state index contributed by atoms with van der Waals surface area (Å²) in [7, 11) is 1.65. The maximum absolute atomic E-state index is 12.7. The molecular formula is C23H21N5O2. The zero-order chi connectivity index (χ0) is 20.8. The first kappa shape index (κ1) is 19.3. The number of nitrogens with zero attached hydrogens (tertiary/aromatic N) is 3. The van der Waals surface area contributed by atoms with Crippen LogP contribution in [0.2, 0.25) is 0 Å². The van der Waals surface area contributed by atoms with Crippen molar-refractivity contribution >= 4 is 28.4 Å². The van der Waals surface area contributed by atoms with Gasteiger partial charge in [0.05, 0.1) is 18.3 Å². The second kappa shape index (κ2) is 9.00. The van der Waals surface area contributed by atoms with Crippen molar-refractivity contribution in [3.05, 3.63) is 84.3 Å². The van der Waals surface area contributed by atoms with Crippen molar-refractivity contribution in [3.63, 3.8) is 0 Å². The Labute approximate surface area is 174 Å². The highest BCUT2D eigenvalue weighted by Crippen LogP contribution is 2.21. The molecule has 7 heteroatoms. The van der Waals surface area contributed by atoms with Gasteiger partial charge in [0.2, 0.25) is 5.95 Å². The second-order valence-electron chi connectivity index (χ2n) is 6.63. The van der Waals surface area contributed by atoms with Crippen LogP contribution in [0.1, 0.15) is 16.1 Å². The molecule has 0 radical (unpaired) electrons. The summed E-state index contributed by atoms with van der Waals surface area (Å²) in [6.07, 6.45) is 4.07. The van der Waals surface area contributed by atoms with Crippen molar-refractivity contribution in [3.8, 4) is 5.75 Å². The van der Waals surface area contributed by atoms with Crippen LogP contribution in [0, 0.1) is 0 Å². The smallest absolute Gasteiger partial charge is 0.274 e. The van der Waals surface area contributed by atoms with E-state index < -0.39 is 0 Å². The van der Waals surface area contributed by atoms with Gasteiger partial charge in [-0.3, -0.25) is 9.78 Å². The van der Waals surface area contributed by atoms with E-state index >= 15 is 0 Å². The van der Waals surface area contributed by atoms with Crippen LogP contribution in [0.4, 0.5) is 11.6 Å². The van der Waals surface area contributed by atoms with Crippen molar-refractivity contribution in [1.29, 1.82) is 0 Å². The number of rotatable bonds is 7. The number of methoxy groups -OCH3 is 1. The number of pyridine rings is 1. The first-order valence-electron chi connectivity index (χ1n) is 9.58. The average molecular weight is 399 g/mol. The molecule has 0 aliphatic carbocycles. The van der Waals surface area contributed by atoms with Crippen LogP contribution >= 0.6 is 0 Å². The Hall–Kier alpha value is -4.00. The molecule has 4 rings (SSSR count). The number of hydrogen-bond donors (Lipinski definition) is 2. The Morgan fingerprint density at radius 2 is 1.80 bits per heavy atom. The van der Waals surface area contributed by atoms with Gasteiger partial charge in [0, 0.05) is 24.3 Å². The number of carbonyl (C=O) groups is 1. The Morgan fingerprint density at radius 3 is 2.63 bits per heavy atom. The van der Waals surface area contributed by atoms with Crippen molar-refractivity contribution in [2.45, 2.75) is 6.42 Å². The highest BCUT2D eigenvalue weighted by Gasteiger charge is 2.11. The fourth-order valence-electron chi connectivity index (χ4n) is 3.07. The molecule has 0 saturated carbocycles. The van der Waals surface area contributed by atoms with Gasteiger partial charge in [0.1, 0.15) is 11.4 Å². The summed E-state index contributed by atoms with van der Waals surface area (Å²) < 4.78 is 5.17. The van der Waals surface area contributed by atoms with Crippen LogP contribution in [0.15, 0.2) is 73.1 Å². The highest BCUT2D eigenvalue weighted by atomic mass is 16.5. The van der Waals surface area contributed by atoms with E-state index in [1.807, 2.05) is 54.6 Å². The monoisotopic (exact) mass is 399 g/mol. The molecule has 2 heterocycles. The summed E-state index contributed by atoms with van der Waals surface area (Å²) in [5, 5.41) is 7.01. The normalized spacial score (nSPS) is 10.6. The molecule has 150 valence electrons. The first-order chi connectivity index (χ1) is 14.7. The quantitative estimate of drug-likeness (QED) is 0.489. The lowest BCUT2D eigenvalue weighted by molar-refractivity contribution is 0.102. The summed E-state index contributed by atoms with van der Waals surface area (Å²) in [5.41, 5.74) is 2.83. The van der Waals surface area contributed by atoms with E-state index in [0.29, 0.717) is 18.2 Å². The molecule has 0 fully saturated rings. The molecule has 2 aromatic carbocycles. The number of fused-ring (bicyclic) bond motifs is 1. The zero-order valence-corrected chi connectivity index (χ0v) is 16.5. The van der Waals surface area contributed by atoms with E-state index in [4.69, 9.17) is 4.74 Å². The summed E-state index contributed by atoms with van der Waals surface area (Å²) in [5.74, 6) is 0.927. The van der Waals surface area contributed by atoms with Gasteiger partial charge in [-0.2, -0.15) is 0 Å². The number of amides is 1. The van der Waals surface area contributed by atoms with E-state index in [2.05, 4.69) is 25.6 Å². The fourth-order valence-corrected chi connectivity index (χ4v) is 3.07. The van der Waals surface area contributed by atoms with Crippen LogP contribution in [-0.4, -0.2) is 34.5 Å². The summed E-state index contributed by atoms with van der Waals surface area (Å²) in [6.45, 7) is 0.643. The minimum absolute atomic E-state index is 0.282. The Morgan fingerprint density at radius 1 is 0.967 bits per heavy atom. The van der Waals surface area contributed by atoms with Crippen LogP contribution < -0.4 is 15.4 Å². The number of para-hydroxylation sites is 1. The molecule has 4 aromatic rings. The number of nitrogens with one attached hydrogen (secondary N) is 2. The lowest BCUT2D eigenvalue weighted by Crippen LogP contribution is -2.16. The Bertz CT molecular complexity index is 1160. The first-order valence-corrected chi connectivity index (χ1v) is 9.58. The van der Waals surface area contributed by atoms with E-state index in [1.165, 1.54) is 5.56 Å². The van der Waals surface area contributed by atoms with Gasteiger partial charge in [-0.05, 0) is 42.3 Å². The van der Waals surface area contributed by atoms with E-state index in [1.54, 1.807) is 25.6 Å². The lowest BCUT2D eigenvalue weighted by Gasteiger charge is -2.09. The molecule has 0 aliphatic rings. The lowest BCUT2D eigenvalue weighted by atomic mass is 10.1. The third-order valence-electron chi connectivity index (χ3n) is 4.62. The topological polar surface area (TPSA) is 89.0 Å². The number of ether oxygens (including phenoxy) is 1. The standard InChI is InChI=1S/C23H21N5O2/c1-30-18-9-7-16(8-10-18)11-14-25-23-26-15-12-20(28-23)22(29)27-19-6-2-4-17-5-3-13-24-21(17)19/h2-10,12-13,15H,11,14H2,1H3,(H,27,29)(H,25,26,28). The zero-order valence-electron chi connectivity index (χ0n) is 16.5. The number of hydrogen-bond acceptors (Lipinski definition) is 6. The molecular weight excluding hydrogens is 378 g/mol.